The summed E-state index contributed by atoms with van der Waals surface area (Å²) in [5.74, 6) is 2.84. The smallest absolute Gasteiger partial charge is 0.264 e. The van der Waals surface area contributed by atoms with E-state index >= 15 is 0 Å². The quantitative estimate of drug-likeness (QED) is 0.819. The van der Waals surface area contributed by atoms with Crippen molar-refractivity contribution in [2.45, 2.75) is 26.4 Å². The summed E-state index contributed by atoms with van der Waals surface area (Å²) in [6.07, 6.45) is 3.25. The minimum atomic E-state index is 0.0801. The Morgan fingerprint density at radius 1 is 1.38 bits per heavy atom. The number of aromatic nitrogens is 2. The van der Waals surface area contributed by atoms with Crippen LogP contribution in [0.2, 0.25) is 5.02 Å². The van der Waals surface area contributed by atoms with E-state index in [9.17, 15) is 0 Å². The largest absolute Gasteiger partial charge is 0.489 e. The summed E-state index contributed by atoms with van der Waals surface area (Å²) in [5, 5.41) is 4.57. The third-order valence-corrected chi connectivity index (χ3v) is 4.28. The Morgan fingerprint density at radius 3 is 2.90 bits per heavy atom. The topological polar surface area (TPSA) is 48.2 Å². The Morgan fingerprint density at radius 2 is 2.24 bits per heavy atom. The van der Waals surface area contributed by atoms with Gasteiger partial charge >= 0.3 is 0 Å². The van der Waals surface area contributed by atoms with Crippen LogP contribution in [0.3, 0.4) is 0 Å². The van der Waals surface area contributed by atoms with Gasteiger partial charge in [-0.05, 0) is 38.5 Å². The summed E-state index contributed by atoms with van der Waals surface area (Å²) >= 11 is 7.97. The van der Waals surface area contributed by atoms with Crippen molar-refractivity contribution in [3.05, 3.63) is 35.2 Å². The van der Waals surface area contributed by atoms with Crippen LogP contribution < -0.4 is 4.74 Å². The molecule has 0 fully saturated rings. The summed E-state index contributed by atoms with van der Waals surface area (Å²) in [7, 11) is 0. The Bertz CT molecular complexity index is 682. The predicted octanol–water partition coefficient (Wildman–Crippen LogP) is 4.66. The van der Waals surface area contributed by atoms with Crippen molar-refractivity contribution in [2.24, 2.45) is 0 Å². The highest BCUT2D eigenvalue weighted by Crippen LogP contribution is 2.34. The first-order chi connectivity index (χ1) is 10.1. The number of hydrogen-bond donors (Lipinski definition) is 0. The van der Waals surface area contributed by atoms with Gasteiger partial charge < -0.3 is 9.26 Å². The first kappa shape index (κ1) is 14.5. The Balaban J connectivity index is 1.85. The van der Waals surface area contributed by atoms with Crippen LogP contribution in [0.15, 0.2) is 28.8 Å². The lowest BCUT2D eigenvalue weighted by molar-refractivity contribution is 0.242. The average molecular weight is 323 g/mol. The zero-order chi connectivity index (χ0) is 14.8. The van der Waals surface area contributed by atoms with Gasteiger partial charge in [-0.3, -0.25) is 0 Å². The van der Waals surface area contributed by atoms with Crippen molar-refractivity contribution in [3.63, 3.8) is 0 Å². The number of allylic oxidation sites excluding steroid dienone is 1. The van der Waals surface area contributed by atoms with Gasteiger partial charge in [0.15, 0.2) is 0 Å². The summed E-state index contributed by atoms with van der Waals surface area (Å²) in [6, 6.07) is 5.51. The van der Waals surface area contributed by atoms with Gasteiger partial charge in [-0.15, -0.1) is 11.8 Å². The number of thioether (sulfide) groups is 1. The maximum Gasteiger partial charge on any atom is 0.264 e. The van der Waals surface area contributed by atoms with Crippen molar-refractivity contribution in [3.8, 4) is 17.1 Å². The van der Waals surface area contributed by atoms with E-state index in [1.54, 1.807) is 17.8 Å². The van der Waals surface area contributed by atoms with Crippen LogP contribution in [0, 0.1) is 0 Å². The second-order valence-electron chi connectivity index (χ2n) is 4.94. The highest BCUT2D eigenvalue weighted by Gasteiger charge is 2.17. The molecular formula is C15H15ClN2O2S. The minimum Gasteiger partial charge on any atom is -0.489 e. The van der Waals surface area contributed by atoms with E-state index in [4.69, 9.17) is 20.9 Å². The number of rotatable bonds is 4. The second-order valence-corrected chi connectivity index (χ2v) is 6.48. The molecule has 0 atom stereocenters. The molecule has 1 aliphatic heterocycles. The van der Waals surface area contributed by atoms with E-state index in [0.717, 1.165) is 22.6 Å². The van der Waals surface area contributed by atoms with Crippen molar-refractivity contribution in [2.75, 3.05) is 5.75 Å². The maximum absolute atomic E-state index is 6.23. The van der Waals surface area contributed by atoms with Gasteiger partial charge in [-0.1, -0.05) is 22.8 Å². The van der Waals surface area contributed by atoms with Gasteiger partial charge in [-0.25, -0.2) is 0 Å². The third-order valence-electron chi connectivity index (χ3n) is 2.89. The highest BCUT2D eigenvalue weighted by atomic mass is 35.5. The molecule has 1 aromatic carbocycles. The molecule has 0 amide bonds. The molecule has 2 aromatic rings. The molecule has 0 radical (unpaired) electrons. The molecule has 0 N–H and O–H groups in total. The lowest BCUT2D eigenvalue weighted by Crippen LogP contribution is -2.05. The van der Waals surface area contributed by atoms with E-state index in [2.05, 4.69) is 16.2 Å². The highest BCUT2D eigenvalue weighted by molar-refractivity contribution is 8.08. The maximum atomic E-state index is 6.23. The number of benzene rings is 1. The second kappa shape index (κ2) is 6.12. The van der Waals surface area contributed by atoms with E-state index in [0.29, 0.717) is 22.5 Å². The van der Waals surface area contributed by atoms with Gasteiger partial charge in [0.05, 0.1) is 16.0 Å². The normalized spacial score (nSPS) is 14.6. The Hall–Kier alpha value is -1.46. The molecule has 110 valence electrons. The lowest BCUT2D eigenvalue weighted by Gasteiger charge is -2.11. The predicted molar refractivity (Wildman–Crippen MR) is 85.6 cm³/mol. The van der Waals surface area contributed by atoms with Crippen molar-refractivity contribution in [1.29, 1.82) is 0 Å². The molecule has 0 aliphatic carbocycles. The fourth-order valence-electron chi connectivity index (χ4n) is 2.00. The van der Waals surface area contributed by atoms with Crippen LogP contribution in [-0.4, -0.2) is 22.0 Å². The molecule has 0 bridgehead atoms. The fourth-order valence-corrected chi connectivity index (χ4v) is 3.12. The van der Waals surface area contributed by atoms with E-state index in [-0.39, 0.29) is 6.10 Å². The minimum absolute atomic E-state index is 0.0801. The SMILES string of the molecule is CC(C)Oc1ccc(-c2noc(C3=CCCS3)n2)cc1Cl. The fraction of sp³-hybridized carbons (Fsp3) is 0.333. The van der Waals surface area contributed by atoms with E-state index in [1.807, 2.05) is 26.0 Å². The van der Waals surface area contributed by atoms with Crippen LogP contribution >= 0.6 is 23.4 Å². The molecule has 0 spiro atoms. The van der Waals surface area contributed by atoms with Crippen LogP contribution in [-0.2, 0) is 0 Å². The van der Waals surface area contributed by atoms with Crippen LogP contribution in [0.5, 0.6) is 5.75 Å². The molecule has 6 heteroatoms. The van der Waals surface area contributed by atoms with Gasteiger partial charge in [0, 0.05) is 11.3 Å². The molecule has 2 heterocycles. The van der Waals surface area contributed by atoms with Crippen LogP contribution in [0.1, 0.15) is 26.2 Å². The standard InChI is InChI=1S/C15H15ClN2O2S/c1-9(2)19-12-6-5-10(8-11(12)16)14-17-15(20-18-14)13-4-3-7-21-13/h4-6,8-9H,3,7H2,1-2H3. The van der Waals surface area contributed by atoms with Gasteiger partial charge in [0.1, 0.15) is 5.75 Å². The number of ether oxygens (including phenoxy) is 1. The van der Waals surface area contributed by atoms with Crippen molar-refractivity contribution in [1.82, 2.24) is 10.1 Å². The molecule has 1 aromatic heterocycles. The molecule has 0 unspecified atom stereocenters. The number of nitrogens with zero attached hydrogens (tertiary/aromatic N) is 2. The Kier molecular flexibility index (Phi) is 4.22. The molecule has 4 nitrogen and oxygen atoms in total. The van der Waals surface area contributed by atoms with E-state index < -0.39 is 0 Å². The van der Waals surface area contributed by atoms with Crippen LogP contribution in [0.4, 0.5) is 0 Å². The number of hydrogen-bond acceptors (Lipinski definition) is 5. The van der Waals surface area contributed by atoms with Gasteiger partial charge in [-0.2, -0.15) is 4.98 Å². The zero-order valence-electron chi connectivity index (χ0n) is 11.8. The summed E-state index contributed by atoms with van der Waals surface area (Å²) in [4.78, 5) is 5.48. The zero-order valence-corrected chi connectivity index (χ0v) is 13.4. The first-order valence-electron chi connectivity index (χ1n) is 6.77. The molecule has 21 heavy (non-hydrogen) atoms. The summed E-state index contributed by atoms with van der Waals surface area (Å²) in [6.45, 7) is 3.92. The number of halogens is 1. The van der Waals surface area contributed by atoms with Gasteiger partial charge in [0.25, 0.3) is 5.89 Å². The molecule has 0 saturated carbocycles. The molecule has 3 rings (SSSR count). The summed E-state index contributed by atoms with van der Waals surface area (Å²) < 4.78 is 10.9. The van der Waals surface area contributed by atoms with Crippen molar-refractivity contribution < 1.29 is 9.26 Å². The lowest BCUT2D eigenvalue weighted by atomic mass is 10.2. The van der Waals surface area contributed by atoms with Crippen LogP contribution in [0.25, 0.3) is 16.3 Å². The Labute approximate surface area is 132 Å². The van der Waals surface area contributed by atoms with Gasteiger partial charge in [0.2, 0.25) is 5.82 Å². The monoisotopic (exact) mass is 322 g/mol. The third kappa shape index (κ3) is 3.24. The molecule has 1 aliphatic rings. The molecular weight excluding hydrogens is 308 g/mol. The first-order valence-corrected chi connectivity index (χ1v) is 8.13. The summed E-state index contributed by atoms with van der Waals surface area (Å²) in [5.41, 5.74) is 0.815. The molecule has 0 saturated heterocycles. The van der Waals surface area contributed by atoms with Crippen molar-refractivity contribution >= 4 is 28.3 Å². The van der Waals surface area contributed by atoms with E-state index in [1.165, 1.54) is 0 Å². The average Bonchev–Trinajstić information content (AvgIpc) is 3.10.